The van der Waals surface area contributed by atoms with Crippen molar-refractivity contribution in [2.45, 2.75) is 44.8 Å². The summed E-state index contributed by atoms with van der Waals surface area (Å²) in [6, 6.07) is 0.593. The molecule has 150 valence electrons. The van der Waals surface area contributed by atoms with Crippen LogP contribution in [0.4, 0.5) is 5.95 Å². The molecule has 2 aromatic rings. The monoisotopic (exact) mass is 385 g/mol. The lowest BCUT2D eigenvalue weighted by Crippen LogP contribution is -2.52. The third-order valence-corrected chi connectivity index (χ3v) is 5.64. The van der Waals surface area contributed by atoms with Gasteiger partial charge in [0.15, 0.2) is 0 Å². The minimum absolute atomic E-state index is 0.111. The van der Waals surface area contributed by atoms with Crippen molar-refractivity contribution in [1.82, 2.24) is 29.6 Å². The maximum absolute atomic E-state index is 11.6. The van der Waals surface area contributed by atoms with Gasteiger partial charge in [-0.15, -0.1) is 0 Å². The van der Waals surface area contributed by atoms with Gasteiger partial charge in [-0.05, 0) is 38.2 Å². The minimum Gasteiger partial charge on any atom is -0.473 e. The molecule has 1 aliphatic carbocycles. The van der Waals surface area contributed by atoms with E-state index in [0.717, 1.165) is 63.4 Å². The predicted molar refractivity (Wildman–Crippen MR) is 105 cm³/mol. The first kappa shape index (κ1) is 18.8. The van der Waals surface area contributed by atoms with E-state index in [1.807, 2.05) is 19.3 Å². The van der Waals surface area contributed by atoms with Crippen LogP contribution in [0.25, 0.3) is 0 Å². The van der Waals surface area contributed by atoms with Crippen molar-refractivity contribution in [2.24, 2.45) is 7.05 Å². The molecule has 9 nitrogen and oxygen atoms in total. The lowest BCUT2D eigenvalue weighted by molar-refractivity contribution is 0.0811. The first-order chi connectivity index (χ1) is 13.6. The van der Waals surface area contributed by atoms with E-state index in [0.29, 0.717) is 11.9 Å². The topological polar surface area (TPSA) is 89.3 Å². The van der Waals surface area contributed by atoms with Gasteiger partial charge < -0.3 is 9.64 Å². The Labute approximate surface area is 164 Å². The highest BCUT2D eigenvalue weighted by Gasteiger charge is 2.29. The zero-order valence-electron chi connectivity index (χ0n) is 16.5. The summed E-state index contributed by atoms with van der Waals surface area (Å²) in [6.45, 7) is 6.00. The molecular formula is C19H27N7O2. The lowest BCUT2D eigenvalue weighted by Gasteiger charge is -2.41. The van der Waals surface area contributed by atoms with Crippen molar-refractivity contribution >= 4 is 5.95 Å². The normalized spacial score (nSPS) is 23.6. The highest BCUT2D eigenvalue weighted by atomic mass is 16.5. The van der Waals surface area contributed by atoms with Crippen LogP contribution < -0.4 is 15.3 Å². The number of piperazine rings is 1. The Morgan fingerprint density at radius 2 is 1.68 bits per heavy atom. The smallest absolute Gasteiger partial charge is 0.367 e. The van der Waals surface area contributed by atoms with Crippen LogP contribution in [0.5, 0.6) is 5.88 Å². The molecule has 0 spiro atoms. The first-order valence-electron chi connectivity index (χ1n) is 9.93. The molecule has 28 heavy (non-hydrogen) atoms. The molecule has 1 saturated carbocycles. The van der Waals surface area contributed by atoms with Crippen molar-refractivity contribution < 1.29 is 4.74 Å². The molecule has 0 unspecified atom stereocenters. The van der Waals surface area contributed by atoms with E-state index < -0.39 is 0 Å². The van der Waals surface area contributed by atoms with E-state index in [4.69, 9.17) is 4.74 Å². The molecule has 0 aromatic carbocycles. The number of aromatic nitrogens is 5. The zero-order chi connectivity index (χ0) is 19.5. The van der Waals surface area contributed by atoms with E-state index >= 15 is 0 Å². The second-order valence-corrected chi connectivity index (χ2v) is 7.63. The van der Waals surface area contributed by atoms with Crippen LogP contribution in [-0.4, -0.2) is 68.0 Å². The van der Waals surface area contributed by atoms with Gasteiger partial charge in [-0.1, -0.05) is 0 Å². The highest BCUT2D eigenvalue weighted by Crippen LogP contribution is 2.27. The molecule has 3 heterocycles. The van der Waals surface area contributed by atoms with Gasteiger partial charge in [0.1, 0.15) is 12.3 Å². The number of hydrogen-bond acceptors (Lipinski definition) is 8. The van der Waals surface area contributed by atoms with E-state index in [1.165, 1.54) is 10.9 Å². The number of rotatable bonds is 4. The molecule has 1 aliphatic heterocycles. The number of anilines is 1. The average Bonchev–Trinajstić information content (AvgIpc) is 2.72. The van der Waals surface area contributed by atoms with Crippen LogP contribution >= 0.6 is 0 Å². The molecule has 0 bridgehead atoms. The molecule has 1 saturated heterocycles. The van der Waals surface area contributed by atoms with Crippen LogP contribution in [0.2, 0.25) is 0 Å². The number of aryl methyl sites for hydroxylation is 2. The Bertz CT molecular complexity index is 838. The molecule has 2 aliphatic rings. The van der Waals surface area contributed by atoms with Crippen molar-refractivity contribution in [3.63, 3.8) is 0 Å². The lowest BCUT2D eigenvalue weighted by atomic mass is 9.91. The fourth-order valence-corrected chi connectivity index (χ4v) is 3.97. The van der Waals surface area contributed by atoms with Crippen LogP contribution in [0.1, 0.15) is 31.2 Å². The molecule has 0 atom stereocenters. The molecule has 0 N–H and O–H groups in total. The van der Waals surface area contributed by atoms with E-state index in [1.54, 1.807) is 7.05 Å². The summed E-state index contributed by atoms with van der Waals surface area (Å²) < 4.78 is 7.08. The summed E-state index contributed by atoms with van der Waals surface area (Å²) in [4.78, 5) is 29.2. The standard InChI is InChI=1S/C19H27N7O2/c1-14-11-20-18(21-12-14)26-9-7-25(8-10-26)15-3-5-16(6-4-15)28-17-13-22-24(2)19(27)23-17/h11-13,15-16H,3-10H2,1-2H3. The molecule has 2 aromatic heterocycles. The van der Waals surface area contributed by atoms with E-state index in [2.05, 4.69) is 29.9 Å². The van der Waals surface area contributed by atoms with Crippen molar-refractivity contribution in [3.8, 4) is 5.88 Å². The number of ether oxygens (including phenoxy) is 1. The van der Waals surface area contributed by atoms with Gasteiger partial charge in [0.05, 0.1) is 0 Å². The van der Waals surface area contributed by atoms with E-state index in [-0.39, 0.29) is 11.8 Å². The van der Waals surface area contributed by atoms with Gasteiger partial charge in [0.25, 0.3) is 0 Å². The Kier molecular flexibility index (Phi) is 5.52. The molecule has 4 rings (SSSR count). The molecule has 9 heteroatoms. The van der Waals surface area contributed by atoms with Crippen molar-refractivity contribution in [1.29, 1.82) is 0 Å². The fourth-order valence-electron chi connectivity index (χ4n) is 3.97. The maximum atomic E-state index is 11.6. The summed E-state index contributed by atoms with van der Waals surface area (Å²) in [6.07, 6.45) is 9.53. The van der Waals surface area contributed by atoms with Gasteiger partial charge >= 0.3 is 5.69 Å². The minimum atomic E-state index is -0.387. The van der Waals surface area contributed by atoms with Crippen LogP contribution in [0.15, 0.2) is 23.4 Å². The summed E-state index contributed by atoms with van der Waals surface area (Å²) in [5, 5.41) is 3.96. The number of nitrogens with zero attached hydrogens (tertiary/aromatic N) is 7. The Morgan fingerprint density at radius 1 is 1.00 bits per heavy atom. The SMILES string of the molecule is Cc1cnc(N2CCN(C3CCC(Oc4cnn(C)c(=O)n4)CC3)CC2)nc1. The highest BCUT2D eigenvalue weighted by molar-refractivity contribution is 5.30. The Balaban J connectivity index is 1.25. The van der Waals surface area contributed by atoms with Gasteiger partial charge in [0.2, 0.25) is 11.8 Å². The average molecular weight is 385 g/mol. The third-order valence-electron chi connectivity index (χ3n) is 5.64. The summed E-state index contributed by atoms with van der Waals surface area (Å²) in [7, 11) is 1.58. The van der Waals surface area contributed by atoms with Gasteiger partial charge in [-0.25, -0.2) is 19.4 Å². The van der Waals surface area contributed by atoms with Crippen LogP contribution in [0, 0.1) is 6.92 Å². The number of hydrogen-bond donors (Lipinski definition) is 0. The molecule has 2 fully saturated rings. The largest absolute Gasteiger partial charge is 0.473 e. The predicted octanol–water partition coefficient (Wildman–Crippen LogP) is 0.786. The Hall–Kier alpha value is -2.55. The van der Waals surface area contributed by atoms with Crippen LogP contribution in [-0.2, 0) is 7.05 Å². The quantitative estimate of drug-likeness (QED) is 0.763. The fraction of sp³-hybridized carbons (Fsp3) is 0.632. The molecule has 0 radical (unpaired) electrons. The first-order valence-corrected chi connectivity index (χ1v) is 9.93. The summed E-state index contributed by atoms with van der Waals surface area (Å²) in [5.74, 6) is 1.16. The van der Waals surface area contributed by atoms with Gasteiger partial charge in [0, 0.05) is 51.7 Å². The van der Waals surface area contributed by atoms with Gasteiger partial charge in [-0.2, -0.15) is 10.1 Å². The summed E-state index contributed by atoms with van der Waals surface area (Å²) in [5.41, 5.74) is 0.699. The van der Waals surface area contributed by atoms with Crippen LogP contribution in [0.3, 0.4) is 0 Å². The van der Waals surface area contributed by atoms with E-state index in [9.17, 15) is 4.79 Å². The molecule has 0 amide bonds. The zero-order valence-corrected chi connectivity index (χ0v) is 16.5. The van der Waals surface area contributed by atoms with Gasteiger partial charge in [-0.3, -0.25) is 4.90 Å². The second-order valence-electron chi connectivity index (χ2n) is 7.63. The van der Waals surface area contributed by atoms with Crippen molar-refractivity contribution in [3.05, 3.63) is 34.6 Å². The van der Waals surface area contributed by atoms with Crippen molar-refractivity contribution in [2.75, 3.05) is 31.1 Å². The summed E-state index contributed by atoms with van der Waals surface area (Å²) >= 11 is 0. The maximum Gasteiger partial charge on any atom is 0.367 e. The second kappa shape index (κ2) is 8.22. The Morgan fingerprint density at radius 3 is 2.32 bits per heavy atom. The third kappa shape index (κ3) is 4.30. The molecular weight excluding hydrogens is 358 g/mol.